The van der Waals surface area contributed by atoms with Crippen LogP contribution in [0.5, 0.6) is 0 Å². The Morgan fingerprint density at radius 3 is 2.42 bits per heavy atom. The molecule has 1 aliphatic heterocycles. The third-order valence-corrected chi connectivity index (χ3v) is 4.80. The molecule has 0 aromatic heterocycles. The van der Waals surface area contributed by atoms with Crippen LogP contribution in [-0.2, 0) is 16.0 Å². The summed E-state index contributed by atoms with van der Waals surface area (Å²) in [4.78, 5) is 26.5. The van der Waals surface area contributed by atoms with Gasteiger partial charge in [-0.2, -0.15) is 0 Å². The Labute approximate surface area is 153 Å². The van der Waals surface area contributed by atoms with Crippen molar-refractivity contribution >= 4 is 11.8 Å². The molecule has 1 unspecified atom stereocenters. The van der Waals surface area contributed by atoms with Crippen molar-refractivity contribution in [2.24, 2.45) is 5.92 Å². The van der Waals surface area contributed by atoms with Gasteiger partial charge in [0.25, 0.3) is 0 Å². The van der Waals surface area contributed by atoms with Crippen molar-refractivity contribution < 1.29 is 14.7 Å². The number of nitrogens with one attached hydrogen (secondary N) is 1. The van der Waals surface area contributed by atoms with E-state index in [4.69, 9.17) is 0 Å². The molecule has 1 heterocycles. The number of hydrogen-bond acceptors (Lipinski definition) is 3. The maximum Gasteiger partial charge on any atom is 0.225 e. The van der Waals surface area contributed by atoms with Gasteiger partial charge in [0, 0.05) is 19.5 Å². The van der Waals surface area contributed by atoms with Gasteiger partial charge in [0.05, 0.1) is 18.6 Å². The van der Waals surface area contributed by atoms with Gasteiger partial charge in [-0.05, 0) is 17.5 Å². The summed E-state index contributed by atoms with van der Waals surface area (Å²) >= 11 is 0. The fourth-order valence-electron chi connectivity index (χ4n) is 3.28. The Bertz CT molecular complexity index is 733. The van der Waals surface area contributed by atoms with Crippen LogP contribution in [0.1, 0.15) is 23.6 Å². The van der Waals surface area contributed by atoms with Crippen molar-refractivity contribution in [3.63, 3.8) is 0 Å². The quantitative estimate of drug-likeness (QED) is 0.800. The largest absolute Gasteiger partial charge is 0.394 e. The molecule has 2 aromatic rings. The van der Waals surface area contributed by atoms with Crippen LogP contribution in [-0.4, -0.2) is 41.5 Å². The maximum atomic E-state index is 12.6. The van der Waals surface area contributed by atoms with Crippen LogP contribution in [0.15, 0.2) is 60.7 Å². The van der Waals surface area contributed by atoms with Gasteiger partial charge >= 0.3 is 0 Å². The summed E-state index contributed by atoms with van der Waals surface area (Å²) in [6, 6.07) is 18.9. The summed E-state index contributed by atoms with van der Waals surface area (Å²) in [5.74, 6) is -0.527. The van der Waals surface area contributed by atoms with E-state index in [9.17, 15) is 14.7 Å². The number of carbonyl (C=O) groups is 2. The second kappa shape index (κ2) is 8.63. The average Bonchev–Trinajstić information content (AvgIpc) is 3.06. The molecule has 2 N–H and O–H groups in total. The lowest BCUT2D eigenvalue weighted by Gasteiger charge is -2.20. The third-order valence-electron chi connectivity index (χ3n) is 4.80. The maximum absolute atomic E-state index is 12.6. The fraction of sp³-hybridized carbons (Fsp3) is 0.333. The topological polar surface area (TPSA) is 69.6 Å². The molecule has 5 heteroatoms. The van der Waals surface area contributed by atoms with E-state index in [1.54, 1.807) is 4.90 Å². The number of nitrogens with zero attached hydrogens (tertiary/aromatic N) is 1. The van der Waals surface area contributed by atoms with Crippen molar-refractivity contribution in [3.05, 3.63) is 71.8 Å². The first kappa shape index (κ1) is 18.1. The Morgan fingerprint density at radius 1 is 1.12 bits per heavy atom. The molecular formula is C21H24N2O3. The van der Waals surface area contributed by atoms with Gasteiger partial charge in [-0.3, -0.25) is 9.59 Å². The number of hydrogen-bond donors (Lipinski definition) is 2. The molecule has 1 aliphatic rings. The zero-order valence-corrected chi connectivity index (χ0v) is 14.7. The van der Waals surface area contributed by atoms with Crippen molar-refractivity contribution in [3.8, 4) is 0 Å². The van der Waals surface area contributed by atoms with E-state index in [0.29, 0.717) is 13.1 Å². The van der Waals surface area contributed by atoms with Gasteiger partial charge in [0.1, 0.15) is 0 Å². The number of amides is 2. The molecule has 2 aromatic carbocycles. The molecule has 0 spiro atoms. The minimum atomic E-state index is -0.447. The molecule has 26 heavy (non-hydrogen) atoms. The van der Waals surface area contributed by atoms with E-state index >= 15 is 0 Å². The number of benzene rings is 2. The van der Waals surface area contributed by atoms with Crippen LogP contribution in [0, 0.1) is 5.92 Å². The first-order valence-electron chi connectivity index (χ1n) is 8.95. The zero-order valence-electron chi connectivity index (χ0n) is 14.7. The Morgan fingerprint density at radius 2 is 1.77 bits per heavy atom. The molecule has 0 radical (unpaired) electrons. The van der Waals surface area contributed by atoms with Gasteiger partial charge in [-0.15, -0.1) is 0 Å². The molecule has 0 bridgehead atoms. The molecule has 1 fully saturated rings. The average molecular weight is 352 g/mol. The molecule has 0 aliphatic carbocycles. The fourth-order valence-corrected chi connectivity index (χ4v) is 3.28. The normalized spacial score (nSPS) is 18.0. The highest BCUT2D eigenvalue weighted by atomic mass is 16.3. The van der Waals surface area contributed by atoms with Crippen LogP contribution in [0.4, 0.5) is 0 Å². The highest BCUT2D eigenvalue weighted by molar-refractivity contribution is 5.89. The predicted molar refractivity (Wildman–Crippen MR) is 99.2 cm³/mol. The van der Waals surface area contributed by atoms with Gasteiger partial charge in [-0.25, -0.2) is 0 Å². The van der Waals surface area contributed by atoms with E-state index in [1.807, 2.05) is 60.7 Å². The molecule has 3 rings (SSSR count). The molecule has 1 saturated heterocycles. The van der Waals surface area contributed by atoms with Crippen LogP contribution in [0.25, 0.3) is 0 Å². The summed E-state index contributed by atoms with van der Waals surface area (Å²) in [5.41, 5.74) is 2.03. The lowest BCUT2D eigenvalue weighted by Crippen LogP contribution is -2.37. The first-order chi connectivity index (χ1) is 12.7. The number of likely N-dealkylation sites (tertiary alicyclic amines) is 1. The van der Waals surface area contributed by atoms with Crippen molar-refractivity contribution in [2.45, 2.75) is 18.9 Å². The summed E-state index contributed by atoms with van der Waals surface area (Å²) in [6.45, 7) is 0.882. The number of carbonyl (C=O) groups excluding carboxylic acids is 2. The monoisotopic (exact) mass is 352 g/mol. The number of aliphatic hydroxyl groups excluding tert-OH is 1. The van der Waals surface area contributed by atoms with Crippen molar-refractivity contribution in [1.82, 2.24) is 10.2 Å². The molecule has 0 saturated carbocycles. The minimum absolute atomic E-state index is 0.0151. The number of aliphatic hydroxyl groups is 1. The third kappa shape index (κ3) is 4.49. The zero-order chi connectivity index (χ0) is 18.4. The van der Waals surface area contributed by atoms with Crippen LogP contribution >= 0.6 is 0 Å². The van der Waals surface area contributed by atoms with E-state index in [0.717, 1.165) is 12.0 Å². The standard InChI is InChI=1S/C21H24N2O3/c24-15-19(17-9-5-2-6-10-17)22-21(26)18-13-20(25)23(14-18)12-11-16-7-3-1-4-8-16/h1-10,18-19,24H,11-15H2,(H,22,26)/t18?,19-/m1/s1. The van der Waals surface area contributed by atoms with Crippen molar-refractivity contribution in [1.29, 1.82) is 0 Å². The van der Waals surface area contributed by atoms with Gasteiger partial charge in [-0.1, -0.05) is 60.7 Å². The minimum Gasteiger partial charge on any atom is -0.394 e. The summed E-state index contributed by atoms with van der Waals surface area (Å²) in [6.07, 6.45) is 1.01. The molecule has 136 valence electrons. The molecule has 2 atom stereocenters. The molecule has 2 amide bonds. The van der Waals surface area contributed by atoms with Gasteiger partial charge in [0.15, 0.2) is 0 Å². The highest BCUT2D eigenvalue weighted by Crippen LogP contribution is 2.20. The summed E-state index contributed by atoms with van der Waals surface area (Å²) < 4.78 is 0. The Hall–Kier alpha value is -2.66. The lowest BCUT2D eigenvalue weighted by molar-refractivity contribution is -0.129. The summed E-state index contributed by atoms with van der Waals surface area (Å²) in [5, 5.41) is 12.5. The van der Waals surface area contributed by atoms with E-state index in [1.165, 1.54) is 5.56 Å². The lowest BCUT2D eigenvalue weighted by atomic mass is 10.0. The highest BCUT2D eigenvalue weighted by Gasteiger charge is 2.34. The number of rotatable bonds is 7. The smallest absolute Gasteiger partial charge is 0.225 e. The van der Waals surface area contributed by atoms with E-state index in [2.05, 4.69) is 5.32 Å². The second-order valence-corrected chi connectivity index (χ2v) is 6.63. The van der Waals surface area contributed by atoms with Gasteiger partial charge < -0.3 is 15.3 Å². The van der Waals surface area contributed by atoms with Crippen LogP contribution < -0.4 is 5.32 Å². The second-order valence-electron chi connectivity index (χ2n) is 6.63. The van der Waals surface area contributed by atoms with E-state index in [-0.39, 0.29) is 30.8 Å². The molecule has 5 nitrogen and oxygen atoms in total. The van der Waals surface area contributed by atoms with Crippen LogP contribution in [0.2, 0.25) is 0 Å². The SMILES string of the molecule is O=C(N[C@H](CO)c1ccccc1)C1CC(=O)N(CCc2ccccc2)C1. The Kier molecular flexibility index (Phi) is 6.02. The predicted octanol–water partition coefficient (Wildman–Crippen LogP) is 1.93. The van der Waals surface area contributed by atoms with Crippen LogP contribution in [0.3, 0.4) is 0 Å². The van der Waals surface area contributed by atoms with E-state index < -0.39 is 6.04 Å². The summed E-state index contributed by atoms with van der Waals surface area (Å²) in [7, 11) is 0. The van der Waals surface area contributed by atoms with Crippen molar-refractivity contribution in [2.75, 3.05) is 19.7 Å². The Balaban J connectivity index is 1.54. The van der Waals surface area contributed by atoms with Gasteiger partial charge in [0.2, 0.25) is 11.8 Å². The first-order valence-corrected chi connectivity index (χ1v) is 8.95. The molecular weight excluding hydrogens is 328 g/mol.